The monoisotopic (exact) mass is 304 g/mol. The molecule has 1 aliphatic carbocycles. The lowest BCUT2D eigenvalue weighted by atomic mass is 9.68. The van der Waals surface area contributed by atoms with Crippen molar-refractivity contribution in [3.63, 3.8) is 0 Å². The standard InChI is InChI=1S/C17H24N2O3/c1-22-12-17(6-2-7-17)16(21)19-8-5-14(11-19)9-13-3-4-15(20)18-10-13/h3-4,10,14H,2,5-9,11-12H2,1H3,(H,18,20). The quantitative estimate of drug-likeness (QED) is 0.898. The molecule has 22 heavy (non-hydrogen) atoms. The summed E-state index contributed by atoms with van der Waals surface area (Å²) in [6.45, 7) is 2.22. The van der Waals surface area contributed by atoms with Crippen molar-refractivity contribution in [2.24, 2.45) is 11.3 Å². The minimum Gasteiger partial charge on any atom is -0.384 e. The summed E-state index contributed by atoms with van der Waals surface area (Å²) >= 11 is 0. The van der Waals surface area contributed by atoms with Gasteiger partial charge in [-0.2, -0.15) is 0 Å². The van der Waals surface area contributed by atoms with Gasteiger partial charge in [-0.15, -0.1) is 0 Å². The predicted octanol–water partition coefficient (Wildman–Crippen LogP) is 1.58. The number of pyridine rings is 1. The molecule has 0 radical (unpaired) electrons. The average Bonchev–Trinajstić information content (AvgIpc) is 2.93. The van der Waals surface area contributed by atoms with Gasteiger partial charge in [0.1, 0.15) is 0 Å². The first-order valence-corrected chi connectivity index (χ1v) is 8.09. The van der Waals surface area contributed by atoms with Crippen LogP contribution in [0.3, 0.4) is 0 Å². The van der Waals surface area contributed by atoms with Crippen molar-refractivity contribution in [2.75, 3.05) is 26.8 Å². The van der Waals surface area contributed by atoms with Gasteiger partial charge in [-0.1, -0.05) is 12.5 Å². The van der Waals surface area contributed by atoms with Gasteiger partial charge in [-0.3, -0.25) is 9.59 Å². The maximum atomic E-state index is 12.8. The van der Waals surface area contributed by atoms with Crippen LogP contribution in [0.1, 0.15) is 31.2 Å². The minimum absolute atomic E-state index is 0.0709. The highest BCUT2D eigenvalue weighted by atomic mass is 16.5. The van der Waals surface area contributed by atoms with Gasteiger partial charge >= 0.3 is 0 Å². The summed E-state index contributed by atoms with van der Waals surface area (Å²) in [4.78, 5) is 28.6. The molecule has 0 bridgehead atoms. The first-order valence-electron chi connectivity index (χ1n) is 8.09. The van der Waals surface area contributed by atoms with Crippen LogP contribution in [0.5, 0.6) is 0 Å². The van der Waals surface area contributed by atoms with Gasteiger partial charge in [0.15, 0.2) is 0 Å². The molecule has 2 fully saturated rings. The predicted molar refractivity (Wildman–Crippen MR) is 83.6 cm³/mol. The van der Waals surface area contributed by atoms with Crippen molar-refractivity contribution in [2.45, 2.75) is 32.1 Å². The van der Waals surface area contributed by atoms with E-state index >= 15 is 0 Å². The summed E-state index contributed by atoms with van der Waals surface area (Å²) in [6, 6.07) is 3.44. The summed E-state index contributed by atoms with van der Waals surface area (Å²) in [6.07, 6.45) is 6.78. The molecule has 120 valence electrons. The number of nitrogens with one attached hydrogen (secondary N) is 1. The Bertz CT molecular complexity index is 571. The van der Waals surface area contributed by atoms with Crippen LogP contribution in [-0.4, -0.2) is 42.6 Å². The van der Waals surface area contributed by atoms with E-state index in [2.05, 4.69) is 4.98 Å². The average molecular weight is 304 g/mol. The van der Waals surface area contributed by atoms with E-state index in [0.29, 0.717) is 12.5 Å². The Labute approximate surface area is 130 Å². The highest BCUT2D eigenvalue weighted by molar-refractivity contribution is 5.84. The smallest absolute Gasteiger partial charge is 0.247 e. The molecule has 1 N–H and O–H groups in total. The molecule has 1 amide bonds. The molecule has 5 nitrogen and oxygen atoms in total. The summed E-state index contributed by atoms with van der Waals surface area (Å²) in [5, 5.41) is 0. The van der Waals surface area contributed by atoms with Gasteiger partial charge in [-0.05, 0) is 37.2 Å². The Morgan fingerprint density at radius 3 is 2.86 bits per heavy atom. The molecule has 1 atom stereocenters. The third-order valence-corrected chi connectivity index (χ3v) is 5.13. The summed E-state index contributed by atoms with van der Waals surface area (Å²) in [5.41, 5.74) is 0.814. The number of likely N-dealkylation sites (tertiary alicyclic amines) is 1. The number of hydrogen-bond acceptors (Lipinski definition) is 3. The van der Waals surface area contributed by atoms with Gasteiger partial charge in [-0.25, -0.2) is 0 Å². The van der Waals surface area contributed by atoms with Crippen LogP contribution in [0.2, 0.25) is 0 Å². The van der Waals surface area contributed by atoms with E-state index in [1.165, 1.54) is 0 Å². The number of rotatable bonds is 5. The van der Waals surface area contributed by atoms with Crippen LogP contribution in [0.4, 0.5) is 0 Å². The van der Waals surface area contributed by atoms with Crippen LogP contribution >= 0.6 is 0 Å². The molecule has 1 saturated carbocycles. The third-order valence-electron chi connectivity index (χ3n) is 5.13. The molecular weight excluding hydrogens is 280 g/mol. The number of aromatic nitrogens is 1. The van der Waals surface area contributed by atoms with Crippen molar-refractivity contribution in [3.05, 3.63) is 34.2 Å². The second-order valence-corrected chi connectivity index (χ2v) is 6.74. The molecular formula is C17H24N2O3. The Morgan fingerprint density at radius 2 is 2.27 bits per heavy atom. The number of H-pyrrole nitrogens is 1. The second kappa shape index (κ2) is 6.24. The van der Waals surface area contributed by atoms with E-state index in [9.17, 15) is 9.59 Å². The molecule has 1 aliphatic heterocycles. The molecule has 1 aromatic rings. The number of carbonyl (C=O) groups excluding carboxylic acids is 1. The number of ether oxygens (including phenoxy) is 1. The van der Waals surface area contributed by atoms with Crippen LogP contribution in [0, 0.1) is 11.3 Å². The van der Waals surface area contributed by atoms with E-state index in [1.807, 2.05) is 11.0 Å². The van der Waals surface area contributed by atoms with Gasteiger partial charge in [0.25, 0.3) is 0 Å². The normalized spacial score (nSPS) is 23.3. The minimum atomic E-state index is -0.248. The number of carbonyl (C=O) groups is 1. The Morgan fingerprint density at radius 1 is 1.45 bits per heavy atom. The SMILES string of the molecule is COCC1(C(=O)N2CCC(Cc3ccc(=O)[nH]c3)C2)CCC1. The van der Waals surface area contributed by atoms with E-state index in [1.54, 1.807) is 19.4 Å². The van der Waals surface area contributed by atoms with E-state index < -0.39 is 0 Å². The van der Waals surface area contributed by atoms with E-state index in [4.69, 9.17) is 4.74 Å². The van der Waals surface area contributed by atoms with Gasteiger partial charge in [0.2, 0.25) is 11.5 Å². The largest absolute Gasteiger partial charge is 0.384 e. The van der Waals surface area contributed by atoms with Crippen molar-refractivity contribution < 1.29 is 9.53 Å². The number of amides is 1. The summed E-state index contributed by atoms with van der Waals surface area (Å²) in [5.74, 6) is 0.763. The zero-order valence-corrected chi connectivity index (χ0v) is 13.1. The molecule has 5 heteroatoms. The molecule has 1 unspecified atom stereocenters. The van der Waals surface area contributed by atoms with Crippen LogP contribution in [0.15, 0.2) is 23.1 Å². The maximum absolute atomic E-state index is 12.8. The fourth-order valence-corrected chi connectivity index (χ4v) is 3.72. The molecule has 2 heterocycles. The van der Waals surface area contributed by atoms with Crippen molar-refractivity contribution in [1.82, 2.24) is 9.88 Å². The number of hydrogen-bond donors (Lipinski definition) is 1. The highest BCUT2D eigenvalue weighted by Crippen LogP contribution is 2.43. The zero-order valence-electron chi connectivity index (χ0n) is 13.1. The number of methoxy groups -OCH3 is 1. The first kappa shape index (κ1) is 15.3. The lowest BCUT2D eigenvalue weighted by Crippen LogP contribution is -2.49. The Hall–Kier alpha value is -1.62. The lowest BCUT2D eigenvalue weighted by molar-refractivity contribution is -0.151. The molecule has 2 aliphatic rings. The molecule has 1 saturated heterocycles. The third kappa shape index (κ3) is 2.95. The summed E-state index contributed by atoms with van der Waals surface area (Å²) < 4.78 is 5.28. The Kier molecular flexibility index (Phi) is 4.34. The fourth-order valence-electron chi connectivity index (χ4n) is 3.72. The lowest BCUT2D eigenvalue weighted by Gasteiger charge is -2.42. The van der Waals surface area contributed by atoms with Crippen molar-refractivity contribution in [3.8, 4) is 0 Å². The van der Waals surface area contributed by atoms with Crippen LogP contribution in [0.25, 0.3) is 0 Å². The van der Waals surface area contributed by atoms with Crippen molar-refractivity contribution in [1.29, 1.82) is 0 Å². The van der Waals surface area contributed by atoms with E-state index in [-0.39, 0.29) is 16.9 Å². The zero-order chi connectivity index (χ0) is 15.6. The summed E-state index contributed by atoms with van der Waals surface area (Å²) in [7, 11) is 1.68. The second-order valence-electron chi connectivity index (χ2n) is 6.74. The van der Waals surface area contributed by atoms with Gasteiger partial charge < -0.3 is 14.6 Å². The number of aromatic amines is 1. The fraction of sp³-hybridized carbons (Fsp3) is 0.647. The van der Waals surface area contributed by atoms with E-state index in [0.717, 1.165) is 50.8 Å². The molecule has 0 aromatic carbocycles. The van der Waals surface area contributed by atoms with Gasteiger partial charge in [0.05, 0.1) is 12.0 Å². The Balaban J connectivity index is 1.58. The van der Waals surface area contributed by atoms with Gasteiger partial charge in [0, 0.05) is 32.5 Å². The number of nitrogens with zero attached hydrogens (tertiary/aromatic N) is 1. The molecule has 1 aromatic heterocycles. The maximum Gasteiger partial charge on any atom is 0.247 e. The van der Waals surface area contributed by atoms with Crippen LogP contribution < -0.4 is 5.56 Å². The molecule has 3 rings (SSSR count). The molecule has 0 spiro atoms. The van der Waals surface area contributed by atoms with Crippen molar-refractivity contribution >= 4 is 5.91 Å². The van der Waals surface area contributed by atoms with Crippen LogP contribution in [-0.2, 0) is 16.0 Å². The first-order chi connectivity index (χ1) is 10.6. The highest BCUT2D eigenvalue weighted by Gasteiger charge is 2.47. The topological polar surface area (TPSA) is 62.4 Å².